The summed E-state index contributed by atoms with van der Waals surface area (Å²) in [5.74, 6) is 0.703. The number of rotatable bonds is 7. The zero-order chi connectivity index (χ0) is 25.2. The summed E-state index contributed by atoms with van der Waals surface area (Å²) in [5.41, 5.74) is 4.48. The van der Waals surface area contributed by atoms with Crippen LogP contribution in [0.15, 0.2) is 65.6 Å². The zero-order valence-electron chi connectivity index (χ0n) is 20.4. The molecule has 0 unspecified atom stereocenters. The third-order valence-corrected chi connectivity index (χ3v) is 7.55. The van der Waals surface area contributed by atoms with Gasteiger partial charge in [-0.05, 0) is 80.8 Å². The van der Waals surface area contributed by atoms with Crippen molar-refractivity contribution < 1.29 is 22.7 Å². The van der Waals surface area contributed by atoms with Gasteiger partial charge in [0.2, 0.25) is 0 Å². The molecule has 0 aromatic heterocycles. The highest BCUT2D eigenvalue weighted by Crippen LogP contribution is 2.37. The molecular formula is C27H30N2O5S. The van der Waals surface area contributed by atoms with Crippen molar-refractivity contribution in [1.29, 1.82) is 0 Å². The molecule has 1 amide bonds. The summed E-state index contributed by atoms with van der Waals surface area (Å²) in [7, 11) is -3.89. The van der Waals surface area contributed by atoms with E-state index in [0.29, 0.717) is 11.4 Å². The molecule has 0 saturated heterocycles. The number of benzene rings is 3. The van der Waals surface area contributed by atoms with Gasteiger partial charge in [-0.15, -0.1) is 0 Å². The summed E-state index contributed by atoms with van der Waals surface area (Å²) < 4.78 is 40.0. The minimum atomic E-state index is -3.89. The van der Waals surface area contributed by atoms with Crippen LogP contribution in [-0.2, 0) is 14.8 Å². The second-order valence-corrected chi connectivity index (χ2v) is 10.8. The summed E-state index contributed by atoms with van der Waals surface area (Å²) in [6, 6.07) is 17.9. The van der Waals surface area contributed by atoms with Gasteiger partial charge in [0.05, 0.1) is 23.7 Å². The molecule has 3 aromatic carbocycles. The molecule has 0 radical (unpaired) electrons. The average Bonchev–Trinajstić information content (AvgIpc) is 2.80. The first-order chi connectivity index (χ1) is 16.6. The summed E-state index contributed by atoms with van der Waals surface area (Å²) in [4.78, 5) is 13.1. The fraction of sp³-hybridized carbons (Fsp3) is 0.296. The van der Waals surface area contributed by atoms with Crippen LogP contribution < -0.4 is 19.1 Å². The molecule has 0 aliphatic carbocycles. The number of carbonyl (C=O) groups excluding carboxylic acids is 1. The molecule has 3 aromatic rings. The lowest BCUT2D eigenvalue weighted by Gasteiger charge is -2.35. The van der Waals surface area contributed by atoms with Crippen LogP contribution in [0.5, 0.6) is 11.5 Å². The van der Waals surface area contributed by atoms with Crippen molar-refractivity contribution in [2.24, 2.45) is 0 Å². The molecule has 0 saturated carbocycles. The molecule has 7 nitrogen and oxygen atoms in total. The molecule has 0 spiro atoms. The number of ether oxygens (including phenoxy) is 2. The quantitative estimate of drug-likeness (QED) is 0.501. The van der Waals surface area contributed by atoms with Gasteiger partial charge in [-0.1, -0.05) is 29.8 Å². The molecule has 0 fully saturated rings. The van der Waals surface area contributed by atoms with Crippen LogP contribution in [-0.4, -0.2) is 40.1 Å². The van der Waals surface area contributed by atoms with Crippen molar-refractivity contribution in [1.82, 2.24) is 5.32 Å². The van der Waals surface area contributed by atoms with Gasteiger partial charge >= 0.3 is 0 Å². The highest BCUT2D eigenvalue weighted by Gasteiger charge is 2.37. The van der Waals surface area contributed by atoms with E-state index < -0.39 is 22.0 Å². The maximum absolute atomic E-state index is 13.5. The van der Waals surface area contributed by atoms with E-state index in [0.717, 1.165) is 28.0 Å². The normalized spacial score (nSPS) is 15.2. The number of fused-ring (bicyclic) bond motifs is 1. The number of sulfonamides is 1. The molecule has 8 heteroatoms. The number of nitrogens with zero attached hydrogens (tertiary/aromatic N) is 1. The lowest BCUT2D eigenvalue weighted by molar-refractivity contribution is -0.127. The first-order valence-corrected chi connectivity index (χ1v) is 12.9. The second kappa shape index (κ2) is 10.00. The number of hydrogen-bond acceptors (Lipinski definition) is 5. The van der Waals surface area contributed by atoms with Gasteiger partial charge in [-0.25, -0.2) is 8.42 Å². The lowest BCUT2D eigenvalue weighted by Crippen LogP contribution is -2.51. The molecule has 1 aliphatic rings. The van der Waals surface area contributed by atoms with E-state index in [9.17, 15) is 13.2 Å². The molecule has 0 bridgehead atoms. The van der Waals surface area contributed by atoms with E-state index in [1.807, 2.05) is 45.9 Å². The van der Waals surface area contributed by atoms with Crippen LogP contribution in [0.1, 0.15) is 22.3 Å². The average molecular weight is 495 g/mol. The van der Waals surface area contributed by atoms with Crippen molar-refractivity contribution in [3.8, 4) is 11.5 Å². The van der Waals surface area contributed by atoms with Crippen LogP contribution in [0.3, 0.4) is 0 Å². The van der Waals surface area contributed by atoms with Gasteiger partial charge in [-0.2, -0.15) is 0 Å². The highest BCUT2D eigenvalue weighted by atomic mass is 32.2. The van der Waals surface area contributed by atoms with E-state index >= 15 is 0 Å². The second-order valence-electron chi connectivity index (χ2n) is 8.89. The first-order valence-electron chi connectivity index (χ1n) is 11.5. The van der Waals surface area contributed by atoms with Crippen LogP contribution in [0, 0.1) is 27.7 Å². The lowest BCUT2D eigenvalue weighted by atomic mass is 10.1. The maximum Gasteiger partial charge on any atom is 0.264 e. The Hall–Kier alpha value is -3.52. The fourth-order valence-corrected chi connectivity index (χ4v) is 5.51. The summed E-state index contributed by atoms with van der Waals surface area (Å²) in [6.45, 7) is 8.19. The predicted molar refractivity (Wildman–Crippen MR) is 136 cm³/mol. The van der Waals surface area contributed by atoms with Crippen LogP contribution >= 0.6 is 0 Å². The predicted octanol–water partition coefficient (Wildman–Crippen LogP) is 4.07. The van der Waals surface area contributed by atoms with Gasteiger partial charge in [-0.3, -0.25) is 9.10 Å². The maximum atomic E-state index is 13.5. The summed E-state index contributed by atoms with van der Waals surface area (Å²) in [5, 5.41) is 2.81. The Balaban J connectivity index is 1.48. The number of amides is 1. The minimum absolute atomic E-state index is 0.129. The number of carbonyl (C=O) groups is 1. The molecule has 1 atom stereocenters. The van der Waals surface area contributed by atoms with Crippen molar-refractivity contribution in [2.75, 3.05) is 24.0 Å². The van der Waals surface area contributed by atoms with Crippen molar-refractivity contribution in [3.05, 3.63) is 82.9 Å². The Morgan fingerprint density at radius 2 is 1.60 bits per heavy atom. The van der Waals surface area contributed by atoms with Gasteiger partial charge in [0.15, 0.2) is 6.10 Å². The number of hydrogen-bond donors (Lipinski definition) is 1. The van der Waals surface area contributed by atoms with E-state index in [2.05, 4.69) is 11.4 Å². The Morgan fingerprint density at radius 3 is 2.29 bits per heavy atom. The van der Waals surface area contributed by atoms with Crippen molar-refractivity contribution >= 4 is 21.6 Å². The van der Waals surface area contributed by atoms with Gasteiger partial charge in [0, 0.05) is 0 Å². The molecule has 35 heavy (non-hydrogen) atoms. The van der Waals surface area contributed by atoms with Crippen LogP contribution in [0.25, 0.3) is 0 Å². The fourth-order valence-electron chi connectivity index (χ4n) is 4.04. The summed E-state index contributed by atoms with van der Waals surface area (Å²) >= 11 is 0. The SMILES string of the molecule is Cc1ccc(S(=O)(=O)N2C[C@@H](C(=O)NCCOc3cc(C)cc(C)c3)Oc3cc(C)ccc32)cc1. The summed E-state index contributed by atoms with van der Waals surface area (Å²) in [6.07, 6.45) is -0.995. The third-order valence-electron chi connectivity index (χ3n) is 5.75. The Bertz CT molecular complexity index is 1320. The Kier molecular flexibility index (Phi) is 7.03. The van der Waals surface area contributed by atoms with E-state index in [-0.39, 0.29) is 24.6 Å². The van der Waals surface area contributed by atoms with Gasteiger partial charge in [0.1, 0.15) is 18.1 Å². The van der Waals surface area contributed by atoms with E-state index in [1.165, 1.54) is 4.31 Å². The molecule has 1 aliphatic heterocycles. The van der Waals surface area contributed by atoms with Crippen LogP contribution in [0.4, 0.5) is 5.69 Å². The van der Waals surface area contributed by atoms with Crippen molar-refractivity contribution in [2.45, 2.75) is 38.7 Å². The number of aryl methyl sites for hydroxylation is 4. The largest absolute Gasteiger partial charge is 0.492 e. The molecule has 184 valence electrons. The highest BCUT2D eigenvalue weighted by molar-refractivity contribution is 7.92. The monoisotopic (exact) mass is 494 g/mol. The Morgan fingerprint density at radius 1 is 0.943 bits per heavy atom. The van der Waals surface area contributed by atoms with Crippen LogP contribution in [0.2, 0.25) is 0 Å². The zero-order valence-corrected chi connectivity index (χ0v) is 21.2. The van der Waals surface area contributed by atoms with Crippen molar-refractivity contribution in [3.63, 3.8) is 0 Å². The smallest absolute Gasteiger partial charge is 0.264 e. The minimum Gasteiger partial charge on any atom is -0.492 e. The first kappa shape index (κ1) is 24.6. The van der Waals surface area contributed by atoms with E-state index in [4.69, 9.17) is 9.47 Å². The Labute approximate surface area is 206 Å². The molecule has 1 N–H and O–H groups in total. The topological polar surface area (TPSA) is 84.9 Å². The van der Waals surface area contributed by atoms with E-state index in [1.54, 1.807) is 36.4 Å². The van der Waals surface area contributed by atoms with Gasteiger partial charge < -0.3 is 14.8 Å². The molecular weight excluding hydrogens is 464 g/mol. The number of nitrogens with one attached hydrogen (secondary N) is 1. The number of anilines is 1. The molecule has 4 rings (SSSR count). The molecule has 1 heterocycles. The third kappa shape index (κ3) is 5.59. The van der Waals surface area contributed by atoms with Gasteiger partial charge in [0.25, 0.3) is 15.9 Å². The standard InChI is InChI=1S/C27H30N2O5S/c1-18-5-8-23(9-6-18)35(31,32)29-17-26(34-25-16-19(2)7-10-24(25)29)27(30)28-11-12-33-22-14-20(3)13-21(4)15-22/h5-10,13-16,26H,11-12,17H2,1-4H3,(H,28,30)/t26-/m0/s1.